The number of allylic oxidation sites excluding steroid dienone is 1. The first-order valence-corrected chi connectivity index (χ1v) is 12.0. The lowest BCUT2D eigenvalue weighted by Gasteiger charge is -2.28. The van der Waals surface area contributed by atoms with Gasteiger partial charge in [0.1, 0.15) is 5.75 Å². The first-order chi connectivity index (χ1) is 16.1. The molecule has 7 heteroatoms. The van der Waals surface area contributed by atoms with Crippen LogP contribution in [0.4, 0.5) is 10.5 Å². The Labute approximate surface area is 216 Å². The van der Waals surface area contributed by atoms with Crippen LogP contribution in [0.25, 0.3) is 5.57 Å². The molecule has 0 saturated carbocycles. The standard InChI is InChI=1S/C18H19Cl2NO2.C9H10ClN/c1-3-12-21(13(2)14-4-6-15(19)7-5-14)18(22)23-17-10-8-16(20)9-11-17;1-6(2)8-5-7(10)3-4-9(8)11/h4-11,13H,3,12H2,1-2H3;3-5H,1,11H2,2H3. The smallest absolute Gasteiger partial charge is 0.410 e. The molecule has 3 aromatic carbocycles. The summed E-state index contributed by atoms with van der Waals surface area (Å²) in [7, 11) is 0. The maximum atomic E-state index is 12.5. The minimum absolute atomic E-state index is 0.105. The number of amides is 1. The van der Waals surface area contributed by atoms with E-state index in [2.05, 4.69) is 6.58 Å². The number of ether oxygens (including phenoxy) is 1. The Morgan fingerprint density at radius 1 is 0.971 bits per heavy atom. The van der Waals surface area contributed by atoms with E-state index >= 15 is 0 Å². The van der Waals surface area contributed by atoms with Gasteiger partial charge in [-0.05, 0) is 86.0 Å². The van der Waals surface area contributed by atoms with Crippen molar-refractivity contribution in [3.63, 3.8) is 0 Å². The largest absolute Gasteiger partial charge is 0.415 e. The number of nitrogens with two attached hydrogens (primary N) is 1. The highest BCUT2D eigenvalue weighted by Gasteiger charge is 2.22. The van der Waals surface area contributed by atoms with Crippen LogP contribution in [0, 0.1) is 0 Å². The summed E-state index contributed by atoms with van der Waals surface area (Å²) in [4.78, 5) is 14.2. The highest BCUT2D eigenvalue weighted by molar-refractivity contribution is 6.31. The third-order valence-corrected chi connectivity index (χ3v) is 5.75. The van der Waals surface area contributed by atoms with Crippen LogP contribution < -0.4 is 10.5 Å². The van der Waals surface area contributed by atoms with Gasteiger partial charge < -0.3 is 15.4 Å². The fourth-order valence-corrected chi connectivity index (χ4v) is 3.59. The summed E-state index contributed by atoms with van der Waals surface area (Å²) in [5.41, 5.74) is 9.27. The SMILES string of the molecule is C=C(C)c1cc(Cl)ccc1N.CCCN(C(=O)Oc1ccc(Cl)cc1)C(C)c1ccc(Cl)cc1. The molecule has 1 atom stereocenters. The van der Waals surface area contributed by atoms with E-state index in [1.807, 2.05) is 51.1 Å². The van der Waals surface area contributed by atoms with E-state index in [1.165, 1.54) is 0 Å². The molecule has 0 aliphatic heterocycles. The Morgan fingerprint density at radius 3 is 2.00 bits per heavy atom. The molecule has 34 heavy (non-hydrogen) atoms. The number of halogens is 3. The molecule has 3 rings (SSSR count). The van der Waals surface area contributed by atoms with Crippen molar-refractivity contribution in [2.24, 2.45) is 0 Å². The van der Waals surface area contributed by atoms with Gasteiger partial charge in [-0.15, -0.1) is 0 Å². The number of hydrogen-bond acceptors (Lipinski definition) is 3. The van der Waals surface area contributed by atoms with Crippen molar-refractivity contribution < 1.29 is 9.53 Å². The summed E-state index contributed by atoms with van der Waals surface area (Å²) in [6, 6.07) is 19.5. The molecule has 0 aliphatic rings. The highest BCUT2D eigenvalue weighted by atomic mass is 35.5. The molecule has 4 nitrogen and oxygen atoms in total. The number of hydrogen-bond donors (Lipinski definition) is 1. The van der Waals surface area contributed by atoms with Gasteiger partial charge in [0.05, 0.1) is 6.04 Å². The molecule has 0 heterocycles. The Kier molecular flexibility index (Phi) is 10.8. The Hall–Kier alpha value is -2.66. The van der Waals surface area contributed by atoms with E-state index in [0.29, 0.717) is 27.4 Å². The van der Waals surface area contributed by atoms with E-state index in [4.69, 9.17) is 45.3 Å². The molecule has 0 fully saturated rings. The molecule has 0 radical (unpaired) electrons. The molecule has 0 spiro atoms. The molecule has 0 aromatic heterocycles. The van der Waals surface area contributed by atoms with Gasteiger partial charge >= 0.3 is 6.09 Å². The fraction of sp³-hybridized carbons (Fsp3) is 0.222. The van der Waals surface area contributed by atoms with Gasteiger partial charge in [0.2, 0.25) is 0 Å². The lowest BCUT2D eigenvalue weighted by molar-refractivity contribution is 0.135. The number of nitrogen functional groups attached to an aromatic ring is 1. The van der Waals surface area contributed by atoms with Crippen LogP contribution >= 0.6 is 34.8 Å². The number of carbonyl (C=O) groups excluding carboxylic acids is 1. The molecule has 0 aliphatic carbocycles. The second-order valence-electron chi connectivity index (χ2n) is 7.75. The highest BCUT2D eigenvalue weighted by Crippen LogP contribution is 2.25. The van der Waals surface area contributed by atoms with Gasteiger partial charge in [-0.3, -0.25) is 0 Å². The third-order valence-electron chi connectivity index (χ3n) is 5.01. The van der Waals surface area contributed by atoms with Gasteiger partial charge in [0, 0.05) is 32.9 Å². The van der Waals surface area contributed by atoms with Gasteiger partial charge in [-0.25, -0.2) is 4.79 Å². The van der Waals surface area contributed by atoms with E-state index < -0.39 is 0 Å². The van der Waals surface area contributed by atoms with Crippen molar-refractivity contribution in [3.8, 4) is 5.75 Å². The molecule has 3 aromatic rings. The van der Waals surface area contributed by atoms with Crippen molar-refractivity contribution in [2.45, 2.75) is 33.2 Å². The maximum Gasteiger partial charge on any atom is 0.415 e. The van der Waals surface area contributed by atoms with Crippen LogP contribution in [0.2, 0.25) is 15.1 Å². The molecule has 1 amide bonds. The van der Waals surface area contributed by atoms with Gasteiger partial charge in [0.15, 0.2) is 0 Å². The van der Waals surface area contributed by atoms with Crippen molar-refractivity contribution in [1.82, 2.24) is 4.90 Å². The number of nitrogens with zero attached hydrogens (tertiary/aromatic N) is 1. The predicted molar refractivity (Wildman–Crippen MR) is 145 cm³/mol. The summed E-state index contributed by atoms with van der Waals surface area (Å²) in [6.07, 6.45) is 0.463. The summed E-state index contributed by atoms with van der Waals surface area (Å²) in [5, 5.41) is 1.97. The van der Waals surface area contributed by atoms with Crippen LogP contribution in [0.3, 0.4) is 0 Å². The first-order valence-electron chi connectivity index (χ1n) is 10.8. The number of anilines is 1. The molecular weight excluding hydrogens is 491 g/mol. The molecule has 0 bridgehead atoms. The molecule has 1 unspecified atom stereocenters. The molecular formula is C27H29Cl3N2O2. The number of benzene rings is 3. The topological polar surface area (TPSA) is 55.6 Å². The fourth-order valence-electron chi connectivity index (χ4n) is 3.17. The zero-order chi connectivity index (χ0) is 25.3. The van der Waals surface area contributed by atoms with Crippen molar-refractivity contribution in [2.75, 3.05) is 12.3 Å². The van der Waals surface area contributed by atoms with Crippen molar-refractivity contribution >= 4 is 52.2 Å². The van der Waals surface area contributed by atoms with Gasteiger partial charge in [-0.2, -0.15) is 0 Å². The van der Waals surface area contributed by atoms with E-state index in [1.54, 1.807) is 41.3 Å². The lowest BCUT2D eigenvalue weighted by Crippen LogP contribution is -2.36. The van der Waals surface area contributed by atoms with Gasteiger partial charge in [0.25, 0.3) is 0 Å². The third kappa shape index (κ3) is 8.28. The van der Waals surface area contributed by atoms with Crippen LogP contribution in [-0.4, -0.2) is 17.5 Å². The second-order valence-corrected chi connectivity index (χ2v) is 9.06. The average molecular weight is 520 g/mol. The molecule has 2 N–H and O–H groups in total. The summed E-state index contributed by atoms with van der Waals surface area (Å²) in [6.45, 7) is 10.3. The van der Waals surface area contributed by atoms with E-state index in [-0.39, 0.29) is 12.1 Å². The Bertz CT molecular complexity index is 1100. The van der Waals surface area contributed by atoms with E-state index in [0.717, 1.165) is 28.8 Å². The normalized spacial score (nSPS) is 11.1. The van der Waals surface area contributed by atoms with E-state index in [9.17, 15) is 4.79 Å². The minimum Gasteiger partial charge on any atom is -0.410 e. The second kappa shape index (κ2) is 13.3. The first kappa shape index (κ1) is 27.6. The van der Waals surface area contributed by atoms with Crippen molar-refractivity contribution in [3.05, 3.63) is 99.5 Å². The summed E-state index contributed by atoms with van der Waals surface area (Å²) in [5.74, 6) is 0.476. The summed E-state index contributed by atoms with van der Waals surface area (Å²) < 4.78 is 5.45. The maximum absolute atomic E-state index is 12.5. The Balaban J connectivity index is 0.000000310. The quantitative estimate of drug-likeness (QED) is 0.331. The van der Waals surface area contributed by atoms with Crippen LogP contribution in [-0.2, 0) is 0 Å². The number of carbonyl (C=O) groups is 1. The van der Waals surface area contributed by atoms with Crippen LogP contribution in [0.5, 0.6) is 5.75 Å². The summed E-state index contributed by atoms with van der Waals surface area (Å²) >= 11 is 17.5. The lowest BCUT2D eigenvalue weighted by atomic mass is 10.1. The average Bonchev–Trinajstić information content (AvgIpc) is 2.81. The molecule has 0 saturated heterocycles. The molecule has 180 valence electrons. The Morgan fingerprint density at radius 2 is 1.50 bits per heavy atom. The number of rotatable bonds is 6. The predicted octanol–water partition coefficient (Wildman–Crippen LogP) is 8.92. The van der Waals surface area contributed by atoms with Crippen LogP contribution in [0.15, 0.2) is 73.3 Å². The zero-order valence-corrected chi connectivity index (χ0v) is 21.8. The van der Waals surface area contributed by atoms with Crippen molar-refractivity contribution in [1.29, 1.82) is 0 Å². The van der Waals surface area contributed by atoms with Gasteiger partial charge in [-0.1, -0.05) is 60.4 Å². The van der Waals surface area contributed by atoms with Crippen LogP contribution in [0.1, 0.15) is 44.4 Å². The monoisotopic (exact) mass is 518 g/mol. The zero-order valence-electron chi connectivity index (χ0n) is 19.5. The minimum atomic E-state index is -0.378.